The van der Waals surface area contributed by atoms with E-state index in [1.165, 1.54) is 5.56 Å². The van der Waals surface area contributed by atoms with Crippen molar-refractivity contribution in [1.82, 2.24) is 14.9 Å². The van der Waals surface area contributed by atoms with Crippen molar-refractivity contribution in [3.8, 4) is 11.1 Å². The lowest BCUT2D eigenvalue weighted by atomic mass is 10.0. The van der Waals surface area contributed by atoms with Crippen LogP contribution < -0.4 is 0 Å². The maximum Gasteiger partial charge on any atom is 0.128 e. The van der Waals surface area contributed by atoms with Gasteiger partial charge in [-0.05, 0) is 53.3 Å². The van der Waals surface area contributed by atoms with Crippen molar-refractivity contribution in [2.75, 3.05) is 6.54 Å². The Morgan fingerprint density at radius 1 is 1.04 bits per heavy atom. The molecule has 0 unspecified atom stereocenters. The predicted octanol–water partition coefficient (Wildman–Crippen LogP) is 4.87. The first-order valence-corrected chi connectivity index (χ1v) is 9.03. The van der Waals surface area contributed by atoms with E-state index >= 15 is 0 Å². The molecule has 3 heterocycles. The molecule has 0 radical (unpaired) electrons. The van der Waals surface area contributed by atoms with Gasteiger partial charge < -0.3 is 0 Å². The van der Waals surface area contributed by atoms with Gasteiger partial charge >= 0.3 is 0 Å². The molecule has 132 valence electrons. The van der Waals surface area contributed by atoms with Gasteiger partial charge in [-0.25, -0.2) is 4.39 Å². The highest BCUT2D eigenvalue weighted by Gasteiger charge is 2.31. The molecule has 4 heteroatoms. The van der Waals surface area contributed by atoms with Gasteiger partial charge in [0.2, 0.25) is 0 Å². The Morgan fingerprint density at radius 3 is 2.62 bits per heavy atom. The smallest absolute Gasteiger partial charge is 0.128 e. The third-order valence-electron chi connectivity index (χ3n) is 5.12. The SMILES string of the molecule is C[C@H]1C[C@@H](c2cccnc2)N(Cc2ccc(-c3ccncc3)cc2F)C1. The number of hydrogen-bond donors (Lipinski definition) is 0. The Labute approximate surface area is 153 Å². The predicted molar refractivity (Wildman–Crippen MR) is 101 cm³/mol. The lowest BCUT2D eigenvalue weighted by Crippen LogP contribution is -2.24. The summed E-state index contributed by atoms with van der Waals surface area (Å²) in [5.74, 6) is 0.447. The summed E-state index contributed by atoms with van der Waals surface area (Å²) in [6, 6.07) is 13.7. The molecule has 1 fully saturated rings. The van der Waals surface area contributed by atoms with Gasteiger partial charge in [0.05, 0.1) is 0 Å². The van der Waals surface area contributed by atoms with Crippen LogP contribution in [0.15, 0.2) is 67.3 Å². The lowest BCUT2D eigenvalue weighted by Gasteiger charge is -2.25. The largest absolute Gasteiger partial charge is 0.292 e. The number of rotatable bonds is 4. The zero-order valence-electron chi connectivity index (χ0n) is 14.8. The number of halogens is 1. The molecular formula is C22H22FN3. The van der Waals surface area contributed by atoms with E-state index < -0.39 is 0 Å². The first-order chi connectivity index (χ1) is 12.7. The Hall–Kier alpha value is -2.59. The lowest BCUT2D eigenvalue weighted by molar-refractivity contribution is 0.241. The molecule has 0 saturated carbocycles. The summed E-state index contributed by atoms with van der Waals surface area (Å²) < 4.78 is 14.8. The average molecular weight is 347 g/mol. The van der Waals surface area contributed by atoms with Crippen LogP contribution in [0.3, 0.4) is 0 Å². The topological polar surface area (TPSA) is 29.0 Å². The Bertz CT molecular complexity index is 867. The van der Waals surface area contributed by atoms with Crippen LogP contribution in [-0.4, -0.2) is 21.4 Å². The van der Waals surface area contributed by atoms with E-state index in [1.54, 1.807) is 24.7 Å². The van der Waals surface area contributed by atoms with Gasteiger partial charge in [-0.2, -0.15) is 0 Å². The number of aromatic nitrogens is 2. The molecule has 26 heavy (non-hydrogen) atoms. The normalized spacial score (nSPS) is 20.4. The minimum Gasteiger partial charge on any atom is -0.292 e. The third kappa shape index (κ3) is 3.51. The summed E-state index contributed by atoms with van der Waals surface area (Å²) >= 11 is 0. The summed E-state index contributed by atoms with van der Waals surface area (Å²) in [4.78, 5) is 10.6. The zero-order valence-corrected chi connectivity index (χ0v) is 14.8. The van der Waals surface area contributed by atoms with Crippen LogP contribution >= 0.6 is 0 Å². The van der Waals surface area contributed by atoms with E-state index in [0.29, 0.717) is 18.5 Å². The molecule has 0 spiro atoms. The molecule has 0 bridgehead atoms. The number of pyridine rings is 2. The molecule has 3 aromatic rings. The van der Waals surface area contributed by atoms with Crippen molar-refractivity contribution in [2.24, 2.45) is 5.92 Å². The number of hydrogen-bond acceptors (Lipinski definition) is 3. The van der Waals surface area contributed by atoms with Gasteiger partial charge in [-0.3, -0.25) is 14.9 Å². The van der Waals surface area contributed by atoms with Crippen molar-refractivity contribution in [3.63, 3.8) is 0 Å². The Balaban J connectivity index is 1.56. The summed E-state index contributed by atoms with van der Waals surface area (Å²) in [5, 5.41) is 0. The average Bonchev–Trinajstić information content (AvgIpc) is 3.05. The second-order valence-corrected chi connectivity index (χ2v) is 7.11. The summed E-state index contributed by atoms with van der Waals surface area (Å²) in [6.07, 6.45) is 8.27. The molecule has 1 saturated heterocycles. The van der Waals surface area contributed by atoms with Crippen molar-refractivity contribution in [1.29, 1.82) is 0 Å². The van der Waals surface area contributed by atoms with Gasteiger partial charge in [0.25, 0.3) is 0 Å². The molecule has 0 aliphatic carbocycles. The number of nitrogens with zero attached hydrogens (tertiary/aromatic N) is 3. The molecule has 0 amide bonds. The fourth-order valence-corrected chi connectivity index (χ4v) is 3.85. The minimum atomic E-state index is -0.149. The van der Waals surface area contributed by atoms with Crippen molar-refractivity contribution in [2.45, 2.75) is 25.9 Å². The fraction of sp³-hybridized carbons (Fsp3) is 0.273. The summed E-state index contributed by atoms with van der Waals surface area (Å²) in [6.45, 7) is 3.85. The van der Waals surface area contributed by atoms with Crippen LogP contribution in [0, 0.1) is 11.7 Å². The van der Waals surface area contributed by atoms with Crippen LogP contribution in [0.5, 0.6) is 0 Å². The van der Waals surface area contributed by atoms with Crippen molar-refractivity contribution in [3.05, 3.63) is 84.2 Å². The van der Waals surface area contributed by atoms with Gasteiger partial charge in [-0.1, -0.05) is 25.1 Å². The zero-order chi connectivity index (χ0) is 17.9. The van der Waals surface area contributed by atoms with Crippen LogP contribution in [0.4, 0.5) is 4.39 Å². The maximum absolute atomic E-state index is 14.8. The highest BCUT2D eigenvalue weighted by atomic mass is 19.1. The second-order valence-electron chi connectivity index (χ2n) is 7.11. The Morgan fingerprint density at radius 2 is 1.88 bits per heavy atom. The molecule has 0 N–H and O–H groups in total. The van der Waals surface area contributed by atoms with Gasteiger partial charge in [0.15, 0.2) is 0 Å². The molecule has 1 aliphatic heterocycles. The fourth-order valence-electron chi connectivity index (χ4n) is 3.85. The van der Waals surface area contributed by atoms with Crippen LogP contribution in [0.1, 0.15) is 30.5 Å². The van der Waals surface area contributed by atoms with Gasteiger partial charge in [0.1, 0.15) is 5.82 Å². The molecule has 1 aromatic carbocycles. The highest BCUT2D eigenvalue weighted by Crippen LogP contribution is 2.36. The standard InChI is InChI=1S/C22H22FN3/c1-16-11-22(19-3-2-8-25-13-19)26(14-16)15-20-5-4-18(12-21(20)23)17-6-9-24-10-7-17/h2-10,12-13,16,22H,11,14-15H2,1H3/t16-,22-/m0/s1. The van der Waals surface area contributed by atoms with E-state index in [0.717, 1.165) is 29.7 Å². The second kappa shape index (κ2) is 7.34. The first-order valence-electron chi connectivity index (χ1n) is 9.03. The van der Waals surface area contributed by atoms with E-state index in [-0.39, 0.29) is 5.82 Å². The van der Waals surface area contributed by atoms with E-state index in [4.69, 9.17) is 0 Å². The first kappa shape index (κ1) is 16.9. The number of likely N-dealkylation sites (tertiary alicyclic amines) is 1. The molecule has 4 rings (SSSR count). The Kier molecular flexibility index (Phi) is 4.76. The van der Waals surface area contributed by atoms with Gasteiger partial charge in [0, 0.05) is 49.5 Å². The molecule has 2 atom stereocenters. The van der Waals surface area contributed by atoms with Crippen molar-refractivity contribution < 1.29 is 4.39 Å². The minimum absolute atomic E-state index is 0.149. The van der Waals surface area contributed by atoms with Crippen LogP contribution in [-0.2, 0) is 6.54 Å². The van der Waals surface area contributed by atoms with E-state index in [1.807, 2.05) is 36.5 Å². The molecule has 3 nitrogen and oxygen atoms in total. The summed E-state index contributed by atoms with van der Waals surface area (Å²) in [7, 11) is 0. The quantitative estimate of drug-likeness (QED) is 0.674. The number of benzene rings is 1. The van der Waals surface area contributed by atoms with E-state index in [2.05, 4.69) is 27.9 Å². The molecule has 2 aromatic heterocycles. The van der Waals surface area contributed by atoms with Crippen LogP contribution in [0.25, 0.3) is 11.1 Å². The van der Waals surface area contributed by atoms with Crippen LogP contribution in [0.2, 0.25) is 0 Å². The molecule has 1 aliphatic rings. The molecular weight excluding hydrogens is 325 g/mol. The summed E-state index contributed by atoms with van der Waals surface area (Å²) in [5.41, 5.74) is 3.82. The highest BCUT2D eigenvalue weighted by molar-refractivity contribution is 5.63. The monoisotopic (exact) mass is 347 g/mol. The third-order valence-corrected chi connectivity index (χ3v) is 5.12. The van der Waals surface area contributed by atoms with Gasteiger partial charge in [-0.15, -0.1) is 0 Å². The van der Waals surface area contributed by atoms with E-state index in [9.17, 15) is 4.39 Å². The van der Waals surface area contributed by atoms with Crippen molar-refractivity contribution >= 4 is 0 Å². The maximum atomic E-state index is 14.8.